The molecule has 2 aliphatic heterocycles. The van der Waals surface area contributed by atoms with E-state index in [2.05, 4.69) is 337 Å². The number of nitrogens with zero attached hydrogens (tertiary/aromatic N) is 3. The maximum Gasteiger partial charge on any atom is 0.0582 e. The van der Waals surface area contributed by atoms with Crippen molar-refractivity contribution in [3.05, 3.63) is 306 Å². The molecule has 0 saturated heterocycles. The van der Waals surface area contributed by atoms with E-state index in [4.69, 9.17) is 0 Å². The number of para-hydroxylation sites is 2. The lowest BCUT2D eigenvalue weighted by atomic mass is 9.73. The Balaban J connectivity index is 0.000000159. The Labute approximate surface area is 496 Å². The van der Waals surface area contributed by atoms with E-state index in [1.807, 2.05) is 0 Å². The van der Waals surface area contributed by atoms with E-state index in [1.165, 1.54) is 122 Å². The van der Waals surface area contributed by atoms with Crippen molar-refractivity contribution in [3.8, 4) is 55.9 Å². The summed E-state index contributed by atoms with van der Waals surface area (Å²) in [4.78, 5) is 2.36. The molecular formula is C79H64BrN3. The smallest absolute Gasteiger partial charge is 0.0582 e. The van der Waals surface area contributed by atoms with Crippen LogP contribution in [0.25, 0.3) is 99.5 Å². The molecule has 0 bridgehead atoms. The molecule has 83 heavy (non-hydrogen) atoms. The zero-order chi connectivity index (χ0) is 55.3. The van der Waals surface area contributed by atoms with Gasteiger partial charge in [0.2, 0.25) is 0 Å². The summed E-state index contributed by atoms with van der Waals surface area (Å²) in [5.41, 5.74) is 26.0. The summed E-state index contributed by atoms with van der Waals surface area (Å²) in [5, 5.41) is 5.19. The van der Waals surface area contributed by atoms with Gasteiger partial charge in [0.15, 0.2) is 0 Å². The molecule has 2 aliphatic rings. The molecule has 0 amide bonds. The monoisotopic (exact) mass is 1130 g/mol. The summed E-state index contributed by atoms with van der Waals surface area (Å²) < 4.78 is 6.12. The fraction of sp³-hybridized carbons (Fsp3) is 0.0886. The van der Waals surface area contributed by atoms with E-state index in [9.17, 15) is 0 Å². The predicted octanol–water partition coefficient (Wildman–Crippen LogP) is 22.6. The molecule has 0 saturated carbocycles. The highest BCUT2D eigenvalue weighted by Gasteiger charge is 2.38. The summed E-state index contributed by atoms with van der Waals surface area (Å²) in [5.74, 6) is 0. The van der Waals surface area contributed by atoms with Crippen molar-refractivity contribution in [1.29, 1.82) is 0 Å². The van der Waals surface area contributed by atoms with E-state index in [1.54, 1.807) is 0 Å². The standard InChI is InChI=1S/C45H34N2.C33H24BrN.CH4.H2/c1-45(2)40-30-37(46(35-19-11-5-12-20-35)36-21-13-6-14-22-36)24-26-43(40)47-42-25-23-33(31-15-7-3-8-16-31)27-38(42)39-28-34(29-41(45)44(39)47)32-17-9-4-10-18-32;1-33(2)28-20-25(34)14-16-31(28)35-30-15-13-23(21-9-5-3-6-10-21)17-26(30)27-18-24(19-29(33)32(27)35)22-11-7-4-8-12-22;;/h3-30H,1-2H3;3-20H,1-2H3;1H4;1H. The van der Waals surface area contributed by atoms with Crippen LogP contribution in [0.3, 0.4) is 0 Å². The van der Waals surface area contributed by atoms with Crippen LogP contribution in [0.2, 0.25) is 0 Å². The van der Waals surface area contributed by atoms with Gasteiger partial charge in [0.25, 0.3) is 0 Å². The van der Waals surface area contributed by atoms with Crippen molar-refractivity contribution in [2.45, 2.75) is 46.0 Å². The van der Waals surface area contributed by atoms with Gasteiger partial charge in [-0.2, -0.15) is 0 Å². The quantitative estimate of drug-likeness (QED) is 0.155. The van der Waals surface area contributed by atoms with Crippen molar-refractivity contribution in [2.75, 3.05) is 4.90 Å². The molecule has 16 rings (SSSR count). The maximum atomic E-state index is 3.74. The third kappa shape index (κ3) is 8.46. The number of halogens is 1. The average Bonchev–Trinajstić information content (AvgIpc) is 1.56. The van der Waals surface area contributed by atoms with Gasteiger partial charge in [-0.05, 0) is 176 Å². The fourth-order valence-corrected chi connectivity index (χ4v) is 13.8. The van der Waals surface area contributed by atoms with Gasteiger partial charge >= 0.3 is 0 Å². The van der Waals surface area contributed by atoms with E-state index in [0.717, 1.165) is 21.5 Å². The zero-order valence-corrected chi connectivity index (χ0v) is 47.9. The first-order valence-electron chi connectivity index (χ1n) is 28.4. The third-order valence-electron chi connectivity index (χ3n) is 17.6. The molecular weight excluding hydrogens is 1070 g/mol. The Morgan fingerprint density at radius 2 is 0.651 bits per heavy atom. The lowest BCUT2D eigenvalue weighted by Crippen LogP contribution is -2.27. The van der Waals surface area contributed by atoms with Gasteiger partial charge < -0.3 is 14.0 Å². The molecule has 0 aliphatic carbocycles. The molecule has 0 fully saturated rings. The van der Waals surface area contributed by atoms with E-state index < -0.39 is 0 Å². The minimum atomic E-state index is -0.250. The van der Waals surface area contributed by atoms with Crippen molar-refractivity contribution in [3.63, 3.8) is 0 Å². The molecule has 0 unspecified atom stereocenters. The summed E-state index contributed by atoms with van der Waals surface area (Å²) in [6.45, 7) is 9.51. The molecule has 14 aromatic rings. The first kappa shape index (κ1) is 51.7. The summed E-state index contributed by atoms with van der Waals surface area (Å²) in [6.07, 6.45) is 0. The van der Waals surface area contributed by atoms with Crippen LogP contribution in [0.15, 0.2) is 284 Å². The predicted molar refractivity (Wildman–Crippen MR) is 359 cm³/mol. The Hall–Kier alpha value is -9.48. The highest BCUT2D eigenvalue weighted by Crippen LogP contribution is 2.53. The van der Waals surface area contributed by atoms with Crippen molar-refractivity contribution < 1.29 is 1.43 Å². The molecule has 0 atom stereocenters. The van der Waals surface area contributed by atoms with Crippen molar-refractivity contribution in [2.24, 2.45) is 0 Å². The van der Waals surface area contributed by atoms with Gasteiger partial charge in [0.1, 0.15) is 0 Å². The van der Waals surface area contributed by atoms with E-state index in [-0.39, 0.29) is 19.7 Å². The number of hydrogen-bond acceptors (Lipinski definition) is 1. The number of aromatic nitrogens is 2. The van der Waals surface area contributed by atoms with Crippen LogP contribution in [0.1, 0.15) is 58.8 Å². The van der Waals surface area contributed by atoms with E-state index in [0.29, 0.717) is 0 Å². The van der Waals surface area contributed by atoms with Crippen LogP contribution < -0.4 is 4.90 Å². The summed E-state index contributed by atoms with van der Waals surface area (Å²) >= 11 is 3.74. The van der Waals surface area contributed by atoms with Gasteiger partial charge in [0, 0.05) is 55.3 Å². The maximum absolute atomic E-state index is 3.74. The SMILES string of the molecule is C.CC1(C)c2cc(Br)ccc2-n2c3ccc(-c4ccccc4)cc3c3cc(-c4ccccc4)cc1c32.CC1(C)c2cc(N(c3ccccc3)c3ccccc3)ccc2-n2c3ccc(-c4ccccc4)cc3c3cc(-c4ccccc4)cc1c32.[HH]. The lowest BCUT2D eigenvalue weighted by Gasteiger charge is -2.36. The lowest BCUT2D eigenvalue weighted by molar-refractivity contribution is 0.630. The van der Waals surface area contributed by atoms with Gasteiger partial charge in [-0.25, -0.2) is 0 Å². The summed E-state index contributed by atoms with van der Waals surface area (Å²) in [6, 6.07) is 102. The Bertz CT molecular complexity index is 4740. The molecule has 2 aromatic heterocycles. The molecule has 4 heterocycles. The molecule has 4 heteroatoms. The zero-order valence-electron chi connectivity index (χ0n) is 46.3. The van der Waals surface area contributed by atoms with Gasteiger partial charge in [-0.1, -0.05) is 221 Å². The number of hydrogen-bond donors (Lipinski definition) is 0. The molecule has 12 aromatic carbocycles. The number of benzene rings is 12. The minimum absolute atomic E-state index is 0. The third-order valence-corrected chi connectivity index (χ3v) is 18.0. The molecule has 0 N–H and O–H groups in total. The highest BCUT2D eigenvalue weighted by molar-refractivity contribution is 9.10. The molecule has 402 valence electrons. The van der Waals surface area contributed by atoms with Crippen LogP contribution in [0.4, 0.5) is 17.1 Å². The topological polar surface area (TPSA) is 13.1 Å². The number of fused-ring (bicyclic) bond motifs is 10. The fourth-order valence-electron chi connectivity index (χ4n) is 13.4. The average molecular weight is 1140 g/mol. The van der Waals surface area contributed by atoms with Crippen LogP contribution in [-0.2, 0) is 10.8 Å². The first-order valence-corrected chi connectivity index (χ1v) is 29.2. The highest BCUT2D eigenvalue weighted by atomic mass is 79.9. The van der Waals surface area contributed by atoms with Gasteiger partial charge in [0.05, 0.1) is 33.4 Å². The minimum Gasteiger partial charge on any atom is -0.310 e. The Kier molecular flexibility index (Phi) is 12.6. The number of anilines is 3. The second-order valence-corrected chi connectivity index (χ2v) is 24.0. The molecule has 0 spiro atoms. The van der Waals surface area contributed by atoms with Crippen LogP contribution in [0.5, 0.6) is 0 Å². The second-order valence-electron chi connectivity index (χ2n) is 23.1. The summed E-state index contributed by atoms with van der Waals surface area (Å²) in [7, 11) is 0. The van der Waals surface area contributed by atoms with Gasteiger partial charge in [-0.3, -0.25) is 0 Å². The van der Waals surface area contributed by atoms with Crippen LogP contribution >= 0.6 is 15.9 Å². The number of rotatable bonds is 7. The first-order chi connectivity index (χ1) is 40.1. The van der Waals surface area contributed by atoms with Gasteiger partial charge in [-0.15, -0.1) is 0 Å². The van der Waals surface area contributed by atoms with Crippen molar-refractivity contribution in [1.82, 2.24) is 9.13 Å². The van der Waals surface area contributed by atoms with Crippen molar-refractivity contribution >= 4 is 76.6 Å². The van der Waals surface area contributed by atoms with Crippen LogP contribution in [0, 0.1) is 0 Å². The van der Waals surface area contributed by atoms with E-state index >= 15 is 0 Å². The normalized spacial score (nSPS) is 13.2. The largest absolute Gasteiger partial charge is 0.310 e. The Morgan fingerprint density at radius 1 is 0.301 bits per heavy atom. The van der Waals surface area contributed by atoms with Crippen LogP contribution in [-0.4, -0.2) is 9.13 Å². The second kappa shape index (κ2) is 20.2. The Morgan fingerprint density at radius 3 is 1.06 bits per heavy atom. The molecule has 0 radical (unpaired) electrons. The molecule has 3 nitrogen and oxygen atoms in total.